The van der Waals surface area contributed by atoms with Crippen LogP contribution in [0.5, 0.6) is 0 Å². The Morgan fingerprint density at radius 2 is 1.89 bits per heavy atom. The summed E-state index contributed by atoms with van der Waals surface area (Å²) in [5.74, 6) is 0.963. The number of allylic oxidation sites excluding steroid dienone is 1. The van der Waals surface area contributed by atoms with Crippen LogP contribution in [0.1, 0.15) is 36.6 Å². The molecular weight excluding hydrogens is 360 g/mol. The number of benzene rings is 1. The molecule has 0 atom stereocenters. The highest BCUT2D eigenvalue weighted by Gasteiger charge is 2.27. The van der Waals surface area contributed by atoms with E-state index in [4.69, 9.17) is 0 Å². The summed E-state index contributed by atoms with van der Waals surface area (Å²) in [7, 11) is -3.48. The first-order valence-electron chi connectivity index (χ1n) is 9.43. The highest BCUT2D eigenvalue weighted by Crippen LogP contribution is 2.28. The number of hydrogen-bond acceptors (Lipinski definition) is 5. The fraction of sp³-hybridized carbons (Fsp3) is 0.400. The van der Waals surface area contributed by atoms with Crippen LogP contribution in [0.15, 0.2) is 41.6 Å². The van der Waals surface area contributed by atoms with Crippen molar-refractivity contribution in [3.63, 3.8) is 0 Å². The SMILES string of the molecule is CCc1ccc(S(=O)(=O)NC2CCN(c3ncnc4c3C=CC4)CC2)cc1. The Kier molecular flexibility index (Phi) is 4.97. The van der Waals surface area contributed by atoms with Crippen molar-refractivity contribution >= 4 is 21.9 Å². The minimum Gasteiger partial charge on any atom is -0.356 e. The summed E-state index contributed by atoms with van der Waals surface area (Å²) < 4.78 is 28.2. The lowest BCUT2D eigenvalue weighted by Crippen LogP contribution is -2.45. The quantitative estimate of drug-likeness (QED) is 0.857. The highest BCUT2D eigenvalue weighted by atomic mass is 32.2. The highest BCUT2D eigenvalue weighted by molar-refractivity contribution is 7.89. The molecule has 0 saturated carbocycles. The molecule has 1 aliphatic carbocycles. The number of anilines is 1. The summed E-state index contributed by atoms with van der Waals surface area (Å²) in [6.45, 7) is 3.61. The molecule has 2 aliphatic rings. The van der Waals surface area contributed by atoms with Crippen LogP contribution in [0.4, 0.5) is 5.82 Å². The van der Waals surface area contributed by atoms with E-state index >= 15 is 0 Å². The number of sulfonamides is 1. The second kappa shape index (κ2) is 7.40. The molecule has 1 fully saturated rings. The van der Waals surface area contributed by atoms with Crippen LogP contribution in [-0.2, 0) is 22.9 Å². The molecule has 0 unspecified atom stereocenters. The zero-order chi connectivity index (χ0) is 18.9. The smallest absolute Gasteiger partial charge is 0.240 e. The number of aryl methyl sites for hydroxylation is 1. The monoisotopic (exact) mass is 384 g/mol. The van der Waals surface area contributed by atoms with Gasteiger partial charge < -0.3 is 4.90 Å². The van der Waals surface area contributed by atoms with Gasteiger partial charge in [-0.3, -0.25) is 0 Å². The third kappa shape index (κ3) is 3.75. The number of aromatic nitrogens is 2. The van der Waals surface area contributed by atoms with Crippen molar-refractivity contribution < 1.29 is 8.42 Å². The topological polar surface area (TPSA) is 75.2 Å². The molecule has 27 heavy (non-hydrogen) atoms. The van der Waals surface area contributed by atoms with Gasteiger partial charge in [0.15, 0.2) is 0 Å². The second-order valence-corrected chi connectivity index (χ2v) is 8.76. The lowest BCUT2D eigenvalue weighted by molar-refractivity contribution is 0.458. The Balaban J connectivity index is 1.41. The molecule has 0 amide bonds. The summed E-state index contributed by atoms with van der Waals surface area (Å²) in [5.41, 5.74) is 3.31. The molecule has 1 N–H and O–H groups in total. The summed E-state index contributed by atoms with van der Waals surface area (Å²) >= 11 is 0. The molecule has 1 aromatic carbocycles. The number of nitrogens with one attached hydrogen (secondary N) is 1. The number of nitrogens with zero attached hydrogens (tertiary/aromatic N) is 3. The molecule has 2 heterocycles. The molecule has 0 radical (unpaired) electrons. The average molecular weight is 385 g/mol. The van der Waals surface area contributed by atoms with Gasteiger partial charge >= 0.3 is 0 Å². The van der Waals surface area contributed by atoms with Crippen LogP contribution in [0.25, 0.3) is 6.08 Å². The second-order valence-electron chi connectivity index (χ2n) is 7.04. The summed E-state index contributed by atoms with van der Waals surface area (Å²) in [4.78, 5) is 11.4. The van der Waals surface area contributed by atoms with Gasteiger partial charge in [-0.05, 0) is 37.0 Å². The van der Waals surface area contributed by atoms with Gasteiger partial charge in [0.25, 0.3) is 0 Å². The lowest BCUT2D eigenvalue weighted by Gasteiger charge is -2.33. The van der Waals surface area contributed by atoms with E-state index in [1.807, 2.05) is 12.1 Å². The van der Waals surface area contributed by atoms with Crippen LogP contribution >= 0.6 is 0 Å². The maximum atomic E-state index is 12.7. The first-order chi connectivity index (χ1) is 13.1. The summed E-state index contributed by atoms with van der Waals surface area (Å²) in [6.07, 6.45) is 9.08. The maximum absolute atomic E-state index is 12.7. The van der Waals surface area contributed by atoms with E-state index in [0.717, 1.165) is 61.4 Å². The van der Waals surface area contributed by atoms with Gasteiger partial charge in [0.2, 0.25) is 10.0 Å². The summed E-state index contributed by atoms with van der Waals surface area (Å²) in [6, 6.07) is 7.07. The van der Waals surface area contributed by atoms with Gasteiger partial charge in [0, 0.05) is 31.1 Å². The standard InChI is InChI=1S/C20H24N4O2S/c1-2-15-6-8-17(9-7-15)27(25,26)23-16-10-12-24(13-11-16)20-18-4-3-5-19(18)21-14-22-20/h3-4,6-9,14,16,23H,2,5,10-13H2,1H3. The van der Waals surface area contributed by atoms with E-state index in [2.05, 4.69) is 38.7 Å². The molecule has 1 aromatic heterocycles. The fourth-order valence-corrected chi connectivity index (χ4v) is 5.00. The zero-order valence-corrected chi connectivity index (χ0v) is 16.2. The Morgan fingerprint density at radius 1 is 1.15 bits per heavy atom. The first-order valence-corrected chi connectivity index (χ1v) is 10.9. The predicted octanol–water partition coefficient (Wildman–Crippen LogP) is 2.56. The van der Waals surface area contributed by atoms with Gasteiger partial charge in [0.1, 0.15) is 12.1 Å². The fourth-order valence-electron chi connectivity index (χ4n) is 3.70. The Hall–Kier alpha value is -2.25. The van der Waals surface area contributed by atoms with E-state index in [9.17, 15) is 8.42 Å². The molecule has 1 aliphatic heterocycles. The third-order valence-electron chi connectivity index (χ3n) is 5.30. The zero-order valence-electron chi connectivity index (χ0n) is 15.4. The predicted molar refractivity (Wildman–Crippen MR) is 106 cm³/mol. The van der Waals surface area contributed by atoms with E-state index in [-0.39, 0.29) is 6.04 Å². The normalized spacial score (nSPS) is 17.3. The number of fused-ring (bicyclic) bond motifs is 1. The van der Waals surface area contributed by atoms with Crippen molar-refractivity contribution in [3.8, 4) is 0 Å². The molecule has 7 heteroatoms. The van der Waals surface area contributed by atoms with E-state index in [1.54, 1.807) is 18.5 Å². The van der Waals surface area contributed by atoms with E-state index in [1.165, 1.54) is 0 Å². The van der Waals surface area contributed by atoms with Gasteiger partial charge in [0.05, 0.1) is 10.6 Å². The Labute approximate surface area is 160 Å². The van der Waals surface area contributed by atoms with Crippen molar-refractivity contribution in [3.05, 3.63) is 53.5 Å². The molecule has 4 rings (SSSR count). The van der Waals surface area contributed by atoms with Crippen LogP contribution < -0.4 is 9.62 Å². The van der Waals surface area contributed by atoms with Crippen LogP contribution in [0.3, 0.4) is 0 Å². The number of hydrogen-bond donors (Lipinski definition) is 1. The van der Waals surface area contributed by atoms with E-state index in [0.29, 0.717) is 4.90 Å². The minimum absolute atomic E-state index is 0.0532. The van der Waals surface area contributed by atoms with Crippen molar-refractivity contribution in [1.82, 2.24) is 14.7 Å². The van der Waals surface area contributed by atoms with Crippen LogP contribution in [0.2, 0.25) is 0 Å². The molecule has 142 valence electrons. The molecule has 2 aromatic rings. The molecule has 6 nitrogen and oxygen atoms in total. The average Bonchev–Trinajstić information content (AvgIpc) is 3.17. The van der Waals surface area contributed by atoms with Crippen molar-refractivity contribution in [1.29, 1.82) is 0 Å². The first kappa shape index (κ1) is 18.1. The number of piperidine rings is 1. The Bertz CT molecular complexity index is 946. The largest absolute Gasteiger partial charge is 0.356 e. The summed E-state index contributed by atoms with van der Waals surface area (Å²) in [5, 5.41) is 0. The number of rotatable bonds is 5. The molecule has 1 saturated heterocycles. The van der Waals surface area contributed by atoms with Crippen molar-refractivity contribution in [2.45, 2.75) is 43.5 Å². The molecular formula is C20H24N4O2S. The van der Waals surface area contributed by atoms with E-state index < -0.39 is 10.0 Å². The van der Waals surface area contributed by atoms with Gasteiger partial charge in [-0.15, -0.1) is 0 Å². The maximum Gasteiger partial charge on any atom is 0.240 e. The van der Waals surface area contributed by atoms with Gasteiger partial charge in [-0.1, -0.05) is 31.2 Å². The molecule has 0 bridgehead atoms. The van der Waals surface area contributed by atoms with Gasteiger partial charge in [-0.25, -0.2) is 23.1 Å². The Morgan fingerprint density at radius 3 is 2.59 bits per heavy atom. The van der Waals surface area contributed by atoms with Gasteiger partial charge in [-0.2, -0.15) is 0 Å². The minimum atomic E-state index is -3.48. The van der Waals surface area contributed by atoms with Crippen LogP contribution in [0, 0.1) is 0 Å². The molecule has 0 spiro atoms. The lowest BCUT2D eigenvalue weighted by atomic mass is 10.1. The van der Waals surface area contributed by atoms with Crippen molar-refractivity contribution in [2.24, 2.45) is 0 Å². The van der Waals surface area contributed by atoms with Crippen LogP contribution in [-0.4, -0.2) is 37.5 Å². The third-order valence-corrected chi connectivity index (χ3v) is 6.84. The van der Waals surface area contributed by atoms with Crippen molar-refractivity contribution in [2.75, 3.05) is 18.0 Å².